The number of thiophene rings is 1. The molecule has 1 aromatic rings. The molecule has 1 aliphatic rings. The van der Waals surface area contributed by atoms with Crippen LogP contribution in [0.25, 0.3) is 0 Å². The highest BCUT2D eigenvalue weighted by atomic mass is 79.9. The second kappa shape index (κ2) is 9.22. The SMILES string of the molecule is CCCNC(CCC1CCCCC1)Cc1ccc(Br)s1. The molecule has 1 fully saturated rings. The lowest BCUT2D eigenvalue weighted by Gasteiger charge is -2.24. The molecule has 1 aromatic heterocycles. The number of hydrogen-bond acceptors (Lipinski definition) is 2. The molecule has 0 aromatic carbocycles. The predicted molar refractivity (Wildman–Crippen MR) is 93.6 cm³/mol. The summed E-state index contributed by atoms with van der Waals surface area (Å²) in [6, 6.07) is 5.12. The van der Waals surface area contributed by atoms with Gasteiger partial charge < -0.3 is 5.32 Å². The topological polar surface area (TPSA) is 12.0 Å². The van der Waals surface area contributed by atoms with Crippen molar-refractivity contribution in [2.45, 2.75) is 70.8 Å². The molecule has 1 unspecified atom stereocenters. The minimum absolute atomic E-state index is 0.669. The standard InChI is InChI=1S/C17H28BrNS/c1-2-12-19-15(13-16-10-11-17(18)20-16)9-8-14-6-4-3-5-7-14/h10-11,14-15,19H,2-9,12-13H2,1H3. The average Bonchev–Trinajstić information content (AvgIpc) is 2.88. The lowest BCUT2D eigenvalue weighted by Crippen LogP contribution is -2.32. The van der Waals surface area contributed by atoms with E-state index in [0.717, 1.165) is 12.5 Å². The molecule has 1 N–H and O–H groups in total. The highest BCUT2D eigenvalue weighted by molar-refractivity contribution is 9.11. The number of nitrogens with one attached hydrogen (secondary N) is 1. The Balaban J connectivity index is 1.79. The third-order valence-corrected chi connectivity index (χ3v) is 6.05. The van der Waals surface area contributed by atoms with Gasteiger partial charge in [0.05, 0.1) is 3.79 Å². The van der Waals surface area contributed by atoms with Crippen LogP contribution in [0.5, 0.6) is 0 Å². The zero-order valence-corrected chi connectivity index (χ0v) is 15.1. The first-order valence-corrected chi connectivity index (χ1v) is 9.86. The summed E-state index contributed by atoms with van der Waals surface area (Å²) in [5, 5.41) is 3.76. The molecule has 0 aliphatic heterocycles. The van der Waals surface area contributed by atoms with Crippen LogP contribution >= 0.6 is 27.3 Å². The van der Waals surface area contributed by atoms with Crippen molar-refractivity contribution < 1.29 is 0 Å². The highest BCUT2D eigenvalue weighted by Gasteiger charge is 2.16. The fraction of sp³-hybridized carbons (Fsp3) is 0.765. The van der Waals surface area contributed by atoms with Gasteiger partial charge in [0.1, 0.15) is 0 Å². The van der Waals surface area contributed by atoms with Gasteiger partial charge in [-0.15, -0.1) is 11.3 Å². The summed E-state index contributed by atoms with van der Waals surface area (Å²) >= 11 is 5.46. The number of halogens is 1. The summed E-state index contributed by atoms with van der Waals surface area (Å²) in [4.78, 5) is 1.51. The Bertz CT molecular complexity index is 371. The lowest BCUT2D eigenvalue weighted by atomic mass is 9.85. The van der Waals surface area contributed by atoms with E-state index >= 15 is 0 Å². The maximum Gasteiger partial charge on any atom is 0.0701 e. The van der Waals surface area contributed by atoms with Gasteiger partial charge in [0, 0.05) is 10.9 Å². The van der Waals surface area contributed by atoms with Crippen LogP contribution in [0.2, 0.25) is 0 Å². The van der Waals surface area contributed by atoms with Crippen molar-refractivity contribution >= 4 is 27.3 Å². The molecule has 0 radical (unpaired) electrons. The van der Waals surface area contributed by atoms with Crippen LogP contribution < -0.4 is 5.32 Å². The van der Waals surface area contributed by atoms with Crippen molar-refractivity contribution in [1.29, 1.82) is 0 Å². The highest BCUT2D eigenvalue weighted by Crippen LogP contribution is 2.29. The maximum absolute atomic E-state index is 3.76. The Hall–Kier alpha value is 0.140. The van der Waals surface area contributed by atoms with E-state index in [1.54, 1.807) is 0 Å². The molecular formula is C17H28BrNS. The van der Waals surface area contributed by atoms with E-state index < -0.39 is 0 Å². The third-order valence-electron chi connectivity index (χ3n) is 4.41. The molecular weight excluding hydrogens is 330 g/mol. The van der Waals surface area contributed by atoms with Crippen LogP contribution in [-0.4, -0.2) is 12.6 Å². The van der Waals surface area contributed by atoms with Crippen LogP contribution in [0.15, 0.2) is 15.9 Å². The quantitative estimate of drug-likeness (QED) is 0.621. The Morgan fingerprint density at radius 1 is 1.30 bits per heavy atom. The second-order valence-electron chi connectivity index (χ2n) is 6.14. The Morgan fingerprint density at radius 3 is 2.75 bits per heavy atom. The fourth-order valence-corrected chi connectivity index (χ4v) is 4.80. The smallest absolute Gasteiger partial charge is 0.0701 e. The van der Waals surface area contributed by atoms with Gasteiger partial charge in [-0.05, 0) is 66.2 Å². The van der Waals surface area contributed by atoms with Crippen molar-refractivity contribution in [3.05, 3.63) is 20.8 Å². The fourth-order valence-electron chi connectivity index (χ4n) is 3.24. The van der Waals surface area contributed by atoms with Crippen molar-refractivity contribution in [3.8, 4) is 0 Å². The average molecular weight is 358 g/mol. The molecule has 0 saturated heterocycles. The van der Waals surface area contributed by atoms with Gasteiger partial charge in [0.2, 0.25) is 0 Å². The molecule has 0 amide bonds. The summed E-state index contributed by atoms with van der Waals surface area (Å²) in [5.41, 5.74) is 0. The van der Waals surface area contributed by atoms with Crippen LogP contribution in [-0.2, 0) is 6.42 Å². The van der Waals surface area contributed by atoms with Crippen LogP contribution in [0, 0.1) is 5.92 Å². The van der Waals surface area contributed by atoms with Crippen molar-refractivity contribution in [3.63, 3.8) is 0 Å². The molecule has 2 rings (SSSR count). The van der Waals surface area contributed by atoms with Crippen LogP contribution in [0.1, 0.15) is 63.2 Å². The van der Waals surface area contributed by atoms with E-state index in [9.17, 15) is 0 Å². The molecule has 1 atom stereocenters. The minimum Gasteiger partial charge on any atom is -0.314 e. The van der Waals surface area contributed by atoms with Gasteiger partial charge in [0.15, 0.2) is 0 Å². The zero-order chi connectivity index (χ0) is 14.2. The van der Waals surface area contributed by atoms with Crippen molar-refractivity contribution in [1.82, 2.24) is 5.32 Å². The summed E-state index contributed by atoms with van der Waals surface area (Å²) in [6.07, 6.45) is 12.6. The molecule has 1 saturated carbocycles. The van der Waals surface area contributed by atoms with Crippen LogP contribution in [0.4, 0.5) is 0 Å². The van der Waals surface area contributed by atoms with Crippen molar-refractivity contribution in [2.24, 2.45) is 5.92 Å². The molecule has 0 bridgehead atoms. The van der Waals surface area contributed by atoms with Gasteiger partial charge in [-0.2, -0.15) is 0 Å². The van der Waals surface area contributed by atoms with Gasteiger partial charge >= 0.3 is 0 Å². The molecule has 20 heavy (non-hydrogen) atoms. The first kappa shape index (κ1) is 16.5. The van der Waals surface area contributed by atoms with E-state index in [0.29, 0.717) is 6.04 Å². The van der Waals surface area contributed by atoms with Crippen molar-refractivity contribution in [2.75, 3.05) is 6.54 Å². The second-order valence-corrected chi connectivity index (χ2v) is 8.69. The van der Waals surface area contributed by atoms with E-state index in [1.807, 2.05) is 11.3 Å². The normalized spacial score (nSPS) is 18.3. The Kier molecular flexibility index (Phi) is 7.61. The Labute approximate surface area is 136 Å². The summed E-state index contributed by atoms with van der Waals surface area (Å²) in [6.45, 7) is 3.41. The van der Waals surface area contributed by atoms with Crippen LogP contribution in [0.3, 0.4) is 0 Å². The van der Waals surface area contributed by atoms with E-state index in [4.69, 9.17) is 0 Å². The van der Waals surface area contributed by atoms with E-state index in [2.05, 4.69) is 40.3 Å². The summed E-state index contributed by atoms with van der Waals surface area (Å²) in [7, 11) is 0. The van der Waals surface area contributed by atoms with E-state index in [1.165, 1.54) is 66.5 Å². The lowest BCUT2D eigenvalue weighted by molar-refractivity contribution is 0.312. The molecule has 3 heteroatoms. The largest absolute Gasteiger partial charge is 0.314 e. The zero-order valence-electron chi connectivity index (χ0n) is 12.7. The van der Waals surface area contributed by atoms with Gasteiger partial charge in [0.25, 0.3) is 0 Å². The predicted octanol–water partition coefficient (Wildman–Crippen LogP) is 5.78. The number of hydrogen-bond donors (Lipinski definition) is 1. The first-order chi connectivity index (χ1) is 9.78. The third kappa shape index (κ3) is 5.87. The van der Waals surface area contributed by atoms with Gasteiger partial charge in [-0.25, -0.2) is 0 Å². The monoisotopic (exact) mass is 357 g/mol. The maximum atomic E-state index is 3.76. The summed E-state index contributed by atoms with van der Waals surface area (Å²) in [5.74, 6) is 1.00. The first-order valence-electron chi connectivity index (χ1n) is 8.25. The molecule has 0 spiro atoms. The van der Waals surface area contributed by atoms with Gasteiger partial charge in [-0.3, -0.25) is 0 Å². The Morgan fingerprint density at radius 2 is 2.10 bits per heavy atom. The molecule has 1 heterocycles. The molecule has 1 aliphatic carbocycles. The molecule has 114 valence electrons. The molecule has 1 nitrogen and oxygen atoms in total. The minimum atomic E-state index is 0.669. The summed E-state index contributed by atoms with van der Waals surface area (Å²) < 4.78 is 1.26. The number of rotatable bonds is 8. The van der Waals surface area contributed by atoms with Gasteiger partial charge in [-0.1, -0.05) is 39.0 Å². The van der Waals surface area contributed by atoms with E-state index in [-0.39, 0.29) is 0 Å².